The van der Waals surface area contributed by atoms with Crippen molar-refractivity contribution in [3.63, 3.8) is 0 Å². The van der Waals surface area contributed by atoms with Crippen molar-refractivity contribution in [1.29, 1.82) is 0 Å². The van der Waals surface area contributed by atoms with E-state index in [0.717, 1.165) is 0 Å². The number of ketones is 2. The molecule has 0 aliphatic rings. The molecule has 2 aromatic carbocycles. The Morgan fingerprint density at radius 2 is 1.65 bits per heavy atom. The van der Waals surface area contributed by atoms with E-state index in [1.54, 1.807) is 55.6 Å². The zero-order valence-electron chi connectivity index (χ0n) is 13.5. The quantitative estimate of drug-likeness (QED) is 0.573. The summed E-state index contributed by atoms with van der Waals surface area (Å²) in [5.74, 6) is 0.340. The first-order chi connectivity index (χ1) is 11.1. The Morgan fingerprint density at radius 1 is 1.04 bits per heavy atom. The predicted octanol–water partition coefficient (Wildman–Crippen LogP) is 4.02. The summed E-state index contributed by atoms with van der Waals surface area (Å²) in [6, 6.07) is 16.1. The lowest BCUT2D eigenvalue weighted by atomic mass is 9.69. The molecule has 3 nitrogen and oxygen atoms in total. The highest BCUT2D eigenvalue weighted by Crippen LogP contribution is 2.35. The number of hydrogen-bond acceptors (Lipinski definition) is 3. The molecule has 2 aromatic rings. The van der Waals surface area contributed by atoms with Crippen LogP contribution < -0.4 is 4.74 Å². The number of ether oxygens (including phenoxy) is 1. The fourth-order valence-electron chi connectivity index (χ4n) is 2.90. The van der Waals surface area contributed by atoms with Gasteiger partial charge in [0.1, 0.15) is 16.9 Å². The smallest absolute Gasteiger partial charge is 0.180 e. The Bertz CT molecular complexity index is 674. The van der Waals surface area contributed by atoms with Crippen LogP contribution in [0.3, 0.4) is 0 Å². The lowest BCUT2D eigenvalue weighted by molar-refractivity contribution is -0.121. The molecule has 0 aromatic heterocycles. The average molecular weight is 309 g/mol. The molecule has 0 amide bonds. The molecule has 0 aliphatic heterocycles. The number of rotatable bonds is 7. The van der Waals surface area contributed by atoms with Crippen molar-refractivity contribution in [2.45, 2.75) is 25.2 Å². The van der Waals surface area contributed by atoms with Crippen molar-refractivity contribution in [1.82, 2.24) is 0 Å². The van der Waals surface area contributed by atoms with Gasteiger partial charge in [0.2, 0.25) is 0 Å². The van der Waals surface area contributed by atoms with Gasteiger partial charge < -0.3 is 4.74 Å². The van der Waals surface area contributed by atoms with Gasteiger partial charge in [-0.15, -0.1) is 0 Å². The summed E-state index contributed by atoms with van der Waals surface area (Å²) in [7, 11) is 1.58. The third-order valence-electron chi connectivity index (χ3n) is 4.16. The minimum absolute atomic E-state index is 0.167. The number of carbonyl (C=O) groups excluding carboxylic acids is 2. The maximum absolute atomic E-state index is 13.2. The molecule has 0 aliphatic carbocycles. The maximum Gasteiger partial charge on any atom is 0.180 e. The van der Waals surface area contributed by atoms with E-state index in [1.165, 1.54) is 6.92 Å². The van der Waals surface area contributed by atoms with E-state index >= 15 is 0 Å². The Labute approximate surface area is 137 Å². The van der Waals surface area contributed by atoms with Crippen molar-refractivity contribution in [3.8, 4) is 5.75 Å². The Balaban J connectivity index is 2.59. The summed E-state index contributed by atoms with van der Waals surface area (Å²) in [6.07, 6.45) is 0.868. The van der Waals surface area contributed by atoms with Gasteiger partial charge in [-0.05, 0) is 31.0 Å². The second-order valence-corrected chi connectivity index (χ2v) is 5.49. The largest absolute Gasteiger partial charge is 0.497 e. The Hall–Kier alpha value is -2.42. The van der Waals surface area contributed by atoms with Crippen LogP contribution in [0.2, 0.25) is 0 Å². The molecule has 0 saturated heterocycles. The molecule has 1 atom stereocenters. The zero-order valence-corrected chi connectivity index (χ0v) is 13.5. The Kier molecular flexibility index (Phi) is 5.32. The fraction of sp³-hybridized carbons (Fsp3) is 0.250. The van der Waals surface area contributed by atoms with Crippen LogP contribution in [0.25, 0.3) is 0 Å². The molecule has 0 N–H and O–H groups in total. The first kappa shape index (κ1) is 16.9. The topological polar surface area (TPSA) is 43.4 Å². The monoisotopic (exact) mass is 309 g/mol. The molecule has 0 heterocycles. The Morgan fingerprint density at radius 3 is 2.13 bits per heavy atom. The molecule has 0 bridgehead atoms. The molecular formula is C20H21O3. The summed E-state index contributed by atoms with van der Waals surface area (Å²) < 4.78 is 5.17. The molecule has 23 heavy (non-hydrogen) atoms. The summed E-state index contributed by atoms with van der Waals surface area (Å²) in [5, 5.41) is 0. The van der Waals surface area contributed by atoms with Crippen LogP contribution in [0.4, 0.5) is 0 Å². The van der Waals surface area contributed by atoms with Gasteiger partial charge in [0.25, 0.3) is 0 Å². The summed E-state index contributed by atoms with van der Waals surface area (Å²) >= 11 is 0. The van der Waals surface area contributed by atoms with Crippen molar-refractivity contribution in [2.75, 3.05) is 7.11 Å². The highest BCUT2D eigenvalue weighted by molar-refractivity contribution is 6.18. The molecule has 1 radical (unpaired) electrons. The van der Waals surface area contributed by atoms with Crippen LogP contribution in [-0.2, 0) is 10.2 Å². The fourth-order valence-corrected chi connectivity index (χ4v) is 2.90. The molecule has 0 saturated carbocycles. The molecule has 3 heteroatoms. The normalized spacial score (nSPS) is 13.2. The van der Waals surface area contributed by atoms with Crippen LogP contribution in [-0.4, -0.2) is 18.7 Å². The number of Topliss-reactive ketones (excluding diaryl/α,β-unsaturated/α-hetero) is 2. The first-order valence-electron chi connectivity index (χ1n) is 7.61. The molecular weight excluding hydrogens is 288 g/mol. The molecule has 1 unspecified atom stereocenters. The summed E-state index contributed by atoms with van der Waals surface area (Å²) in [4.78, 5) is 25.7. The van der Waals surface area contributed by atoms with E-state index < -0.39 is 5.41 Å². The molecule has 0 fully saturated rings. The van der Waals surface area contributed by atoms with E-state index in [-0.39, 0.29) is 11.6 Å². The second kappa shape index (κ2) is 7.23. The minimum Gasteiger partial charge on any atom is -0.497 e. The zero-order chi connectivity index (χ0) is 16.9. The SMILES string of the molecule is [CH2]CCC(C(C)=O)(C(=O)c1ccccc1)c1ccc(OC)cc1. The van der Waals surface area contributed by atoms with E-state index in [1.807, 2.05) is 6.07 Å². The van der Waals surface area contributed by atoms with Crippen LogP contribution in [0.15, 0.2) is 54.6 Å². The van der Waals surface area contributed by atoms with Crippen molar-refractivity contribution in [3.05, 3.63) is 72.6 Å². The average Bonchev–Trinajstić information content (AvgIpc) is 2.59. The summed E-state index contributed by atoms with van der Waals surface area (Å²) in [5.41, 5.74) is 0.0188. The number of methoxy groups -OCH3 is 1. The minimum atomic E-state index is -1.20. The third kappa shape index (κ3) is 3.19. The van der Waals surface area contributed by atoms with Crippen molar-refractivity contribution >= 4 is 11.6 Å². The van der Waals surface area contributed by atoms with Gasteiger partial charge in [-0.2, -0.15) is 0 Å². The van der Waals surface area contributed by atoms with E-state index in [0.29, 0.717) is 29.7 Å². The van der Waals surface area contributed by atoms with E-state index in [4.69, 9.17) is 4.74 Å². The van der Waals surface area contributed by atoms with E-state index in [2.05, 4.69) is 6.92 Å². The van der Waals surface area contributed by atoms with Gasteiger partial charge in [0.15, 0.2) is 5.78 Å². The van der Waals surface area contributed by atoms with Gasteiger partial charge >= 0.3 is 0 Å². The van der Waals surface area contributed by atoms with Crippen LogP contribution in [0.1, 0.15) is 35.7 Å². The van der Waals surface area contributed by atoms with Gasteiger partial charge in [-0.1, -0.05) is 55.8 Å². The first-order valence-corrected chi connectivity index (χ1v) is 7.61. The number of benzene rings is 2. The van der Waals surface area contributed by atoms with Gasteiger partial charge in [-0.3, -0.25) is 9.59 Å². The second-order valence-electron chi connectivity index (χ2n) is 5.49. The third-order valence-corrected chi connectivity index (χ3v) is 4.16. The highest BCUT2D eigenvalue weighted by Gasteiger charge is 2.44. The van der Waals surface area contributed by atoms with E-state index in [9.17, 15) is 9.59 Å². The van der Waals surface area contributed by atoms with Crippen LogP contribution in [0.5, 0.6) is 5.75 Å². The molecule has 0 spiro atoms. The standard InChI is InChI=1S/C20H21O3/c1-4-14-20(15(2)21,17-10-12-18(23-3)13-11-17)19(22)16-8-6-5-7-9-16/h5-13H,1,4,14H2,2-3H3. The molecule has 119 valence electrons. The summed E-state index contributed by atoms with van der Waals surface area (Å²) in [6.45, 7) is 5.33. The lowest BCUT2D eigenvalue weighted by Gasteiger charge is -2.30. The van der Waals surface area contributed by atoms with Crippen LogP contribution >= 0.6 is 0 Å². The lowest BCUT2D eigenvalue weighted by Crippen LogP contribution is -2.42. The predicted molar refractivity (Wildman–Crippen MR) is 90.7 cm³/mol. The van der Waals surface area contributed by atoms with Crippen molar-refractivity contribution in [2.24, 2.45) is 0 Å². The maximum atomic E-state index is 13.2. The van der Waals surface area contributed by atoms with Gasteiger partial charge in [0, 0.05) is 5.56 Å². The van der Waals surface area contributed by atoms with Crippen molar-refractivity contribution < 1.29 is 14.3 Å². The number of hydrogen-bond donors (Lipinski definition) is 0. The molecule has 2 rings (SSSR count). The van der Waals surface area contributed by atoms with Crippen LogP contribution in [0, 0.1) is 6.92 Å². The highest BCUT2D eigenvalue weighted by atomic mass is 16.5. The number of carbonyl (C=O) groups is 2. The van der Waals surface area contributed by atoms with Gasteiger partial charge in [-0.25, -0.2) is 0 Å². The van der Waals surface area contributed by atoms with Gasteiger partial charge in [0.05, 0.1) is 7.11 Å².